The Kier molecular flexibility index (Phi) is 3.83. The molecule has 0 aliphatic heterocycles. The molecule has 0 radical (unpaired) electrons. The predicted octanol–water partition coefficient (Wildman–Crippen LogP) is 3.15. The number of hydrogen-bond donors (Lipinski definition) is 1. The van der Waals surface area contributed by atoms with Crippen molar-refractivity contribution in [3.8, 4) is 6.07 Å². The highest BCUT2D eigenvalue weighted by molar-refractivity contribution is 5.54. The van der Waals surface area contributed by atoms with E-state index in [0.717, 1.165) is 29.8 Å². The van der Waals surface area contributed by atoms with Gasteiger partial charge in [-0.3, -0.25) is 4.98 Å². The van der Waals surface area contributed by atoms with E-state index in [2.05, 4.69) is 21.4 Å². The van der Waals surface area contributed by atoms with Crippen LogP contribution >= 0.6 is 0 Å². The molecule has 0 aromatic carbocycles. The van der Waals surface area contributed by atoms with Crippen LogP contribution in [0.5, 0.6) is 0 Å². The van der Waals surface area contributed by atoms with Gasteiger partial charge in [0.15, 0.2) is 0 Å². The number of hydrogen-bond acceptors (Lipinski definition) is 4. The molecular formula is C17H18N4. The van der Waals surface area contributed by atoms with E-state index >= 15 is 0 Å². The van der Waals surface area contributed by atoms with E-state index in [1.54, 1.807) is 0 Å². The smallest absolute Gasteiger partial charge is 0.144 e. The number of aryl methyl sites for hydroxylation is 3. The van der Waals surface area contributed by atoms with Crippen LogP contribution < -0.4 is 5.32 Å². The van der Waals surface area contributed by atoms with Crippen LogP contribution in [-0.2, 0) is 19.4 Å². The Labute approximate surface area is 124 Å². The Morgan fingerprint density at radius 1 is 1.29 bits per heavy atom. The summed E-state index contributed by atoms with van der Waals surface area (Å²) in [4.78, 5) is 8.94. The number of nitrogens with zero attached hydrogens (tertiary/aromatic N) is 3. The summed E-state index contributed by atoms with van der Waals surface area (Å²) in [5.74, 6) is 0.693. The normalized spacial score (nSPS) is 13.3. The highest BCUT2D eigenvalue weighted by atomic mass is 15.0. The van der Waals surface area contributed by atoms with Crippen LogP contribution in [0.4, 0.5) is 5.82 Å². The van der Waals surface area contributed by atoms with Gasteiger partial charge in [-0.05, 0) is 55.9 Å². The minimum absolute atomic E-state index is 0.633. The average molecular weight is 278 g/mol. The van der Waals surface area contributed by atoms with Crippen molar-refractivity contribution in [2.24, 2.45) is 0 Å². The van der Waals surface area contributed by atoms with Crippen LogP contribution in [-0.4, -0.2) is 9.97 Å². The van der Waals surface area contributed by atoms with E-state index in [0.29, 0.717) is 17.9 Å². The molecule has 1 aliphatic carbocycles. The molecule has 0 spiro atoms. The van der Waals surface area contributed by atoms with Gasteiger partial charge in [-0.1, -0.05) is 6.07 Å². The summed E-state index contributed by atoms with van der Waals surface area (Å²) in [5, 5.41) is 12.6. The molecule has 0 fully saturated rings. The van der Waals surface area contributed by atoms with Gasteiger partial charge >= 0.3 is 0 Å². The molecule has 1 aliphatic rings. The molecule has 3 rings (SSSR count). The first-order valence-electron chi connectivity index (χ1n) is 7.34. The molecule has 1 N–H and O–H groups in total. The standard InChI is InChI=1S/C17H18N4/c1-12-6-7-13(10-19-12)11-20-17-15(9-18)8-14-4-2-3-5-16(14)21-17/h6-8,10H,2-5,11H2,1H3,(H,20,21). The Morgan fingerprint density at radius 3 is 2.90 bits per heavy atom. The van der Waals surface area contributed by atoms with E-state index in [4.69, 9.17) is 0 Å². The largest absolute Gasteiger partial charge is 0.365 e. The Hall–Kier alpha value is -2.41. The molecule has 0 bridgehead atoms. The van der Waals surface area contributed by atoms with Crippen molar-refractivity contribution >= 4 is 5.82 Å². The lowest BCUT2D eigenvalue weighted by molar-refractivity contribution is 0.668. The fourth-order valence-electron chi connectivity index (χ4n) is 2.64. The van der Waals surface area contributed by atoms with E-state index in [-0.39, 0.29) is 0 Å². The molecule has 0 saturated heterocycles. The Morgan fingerprint density at radius 2 is 2.14 bits per heavy atom. The van der Waals surface area contributed by atoms with Crippen LogP contribution in [0.2, 0.25) is 0 Å². The van der Waals surface area contributed by atoms with Crippen molar-refractivity contribution < 1.29 is 0 Å². The van der Waals surface area contributed by atoms with Gasteiger partial charge < -0.3 is 5.32 Å². The second-order valence-electron chi connectivity index (χ2n) is 5.47. The van der Waals surface area contributed by atoms with Gasteiger partial charge in [0, 0.05) is 24.1 Å². The van der Waals surface area contributed by atoms with Crippen LogP contribution in [0.1, 0.15) is 40.9 Å². The van der Waals surface area contributed by atoms with Crippen LogP contribution in [0, 0.1) is 18.3 Å². The van der Waals surface area contributed by atoms with Gasteiger partial charge in [0.25, 0.3) is 0 Å². The Balaban J connectivity index is 1.81. The van der Waals surface area contributed by atoms with Crippen molar-refractivity contribution in [3.05, 3.63) is 52.5 Å². The highest BCUT2D eigenvalue weighted by Crippen LogP contribution is 2.24. The summed E-state index contributed by atoms with van der Waals surface area (Å²) in [5.41, 5.74) is 5.10. The number of nitriles is 1. The average Bonchev–Trinajstić information content (AvgIpc) is 2.53. The molecule has 0 atom stereocenters. The van der Waals surface area contributed by atoms with Crippen molar-refractivity contribution in [2.45, 2.75) is 39.2 Å². The molecule has 0 saturated carbocycles. The number of pyridine rings is 2. The van der Waals surface area contributed by atoms with Crippen LogP contribution in [0.25, 0.3) is 0 Å². The summed E-state index contributed by atoms with van der Waals surface area (Å²) >= 11 is 0. The summed E-state index contributed by atoms with van der Waals surface area (Å²) in [6.07, 6.45) is 6.29. The molecule has 4 nitrogen and oxygen atoms in total. The zero-order valence-electron chi connectivity index (χ0n) is 12.2. The minimum Gasteiger partial charge on any atom is -0.365 e. The zero-order chi connectivity index (χ0) is 14.7. The monoisotopic (exact) mass is 278 g/mol. The maximum Gasteiger partial charge on any atom is 0.144 e. The third-order valence-electron chi connectivity index (χ3n) is 3.85. The lowest BCUT2D eigenvalue weighted by Crippen LogP contribution is -2.10. The van der Waals surface area contributed by atoms with Gasteiger partial charge in [0.1, 0.15) is 11.9 Å². The van der Waals surface area contributed by atoms with E-state index in [9.17, 15) is 5.26 Å². The van der Waals surface area contributed by atoms with E-state index in [1.807, 2.05) is 31.3 Å². The molecule has 106 valence electrons. The summed E-state index contributed by atoms with van der Waals surface area (Å²) < 4.78 is 0. The first-order valence-corrected chi connectivity index (χ1v) is 7.34. The van der Waals surface area contributed by atoms with E-state index < -0.39 is 0 Å². The SMILES string of the molecule is Cc1ccc(CNc2nc3c(cc2C#N)CCCC3)cn1. The van der Waals surface area contributed by atoms with Gasteiger partial charge in [-0.15, -0.1) is 0 Å². The number of nitrogens with one attached hydrogen (secondary N) is 1. The second-order valence-corrected chi connectivity index (χ2v) is 5.47. The molecular weight excluding hydrogens is 260 g/mol. The fraction of sp³-hybridized carbons (Fsp3) is 0.353. The van der Waals surface area contributed by atoms with Crippen LogP contribution in [0.3, 0.4) is 0 Å². The van der Waals surface area contributed by atoms with Gasteiger partial charge in [-0.2, -0.15) is 5.26 Å². The minimum atomic E-state index is 0.633. The van der Waals surface area contributed by atoms with Gasteiger partial charge in [0.2, 0.25) is 0 Å². The third-order valence-corrected chi connectivity index (χ3v) is 3.85. The first-order chi connectivity index (χ1) is 10.3. The molecule has 0 amide bonds. The van der Waals surface area contributed by atoms with Crippen molar-refractivity contribution in [1.29, 1.82) is 5.26 Å². The molecule has 4 heteroatoms. The predicted molar refractivity (Wildman–Crippen MR) is 81.9 cm³/mol. The number of anilines is 1. The van der Waals surface area contributed by atoms with Gasteiger partial charge in [-0.25, -0.2) is 4.98 Å². The number of fused-ring (bicyclic) bond motifs is 1. The van der Waals surface area contributed by atoms with E-state index in [1.165, 1.54) is 18.4 Å². The topological polar surface area (TPSA) is 61.6 Å². The summed E-state index contributed by atoms with van der Waals surface area (Å²) in [6.45, 7) is 2.60. The van der Waals surface area contributed by atoms with Crippen LogP contribution in [0.15, 0.2) is 24.4 Å². The van der Waals surface area contributed by atoms with Gasteiger partial charge in [0.05, 0.1) is 5.56 Å². The number of aromatic nitrogens is 2. The fourth-order valence-corrected chi connectivity index (χ4v) is 2.64. The molecule has 0 unspecified atom stereocenters. The quantitative estimate of drug-likeness (QED) is 0.937. The second kappa shape index (κ2) is 5.92. The highest BCUT2D eigenvalue weighted by Gasteiger charge is 2.14. The van der Waals surface area contributed by atoms with Crippen molar-refractivity contribution in [3.63, 3.8) is 0 Å². The molecule has 2 heterocycles. The Bertz CT molecular complexity index is 683. The zero-order valence-corrected chi connectivity index (χ0v) is 12.2. The molecule has 2 aromatic heterocycles. The summed E-state index contributed by atoms with van der Waals surface area (Å²) in [6, 6.07) is 8.28. The molecule has 21 heavy (non-hydrogen) atoms. The first kappa shape index (κ1) is 13.6. The van der Waals surface area contributed by atoms with Crippen molar-refractivity contribution in [1.82, 2.24) is 9.97 Å². The van der Waals surface area contributed by atoms with Crippen molar-refractivity contribution in [2.75, 3.05) is 5.32 Å². The maximum absolute atomic E-state index is 9.31. The summed E-state index contributed by atoms with van der Waals surface area (Å²) in [7, 11) is 0. The number of rotatable bonds is 3. The lowest BCUT2D eigenvalue weighted by atomic mass is 9.95. The third kappa shape index (κ3) is 3.03. The lowest BCUT2D eigenvalue weighted by Gasteiger charge is -2.17. The molecule has 2 aromatic rings. The maximum atomic E-state index is 9.31.